The number of aliphatic carboxylic acids is 2. The third kappa shape index (κ3) is 4.33. The topological polar surface area (TPSA) is 74.6 Å². The van der Waals surface area contributed by atoms with Crippen LogP contribution in [-0.4, -0.2) is 22.2 Å². The Hall–Kier alpha value is -2.88. The molecule has 0 spiro atoms. The molecule has 0 aliphatic heterocycles. The van der Waals surface area contributed by atoms with Crippen LogP contribution in [0.3, 0.4) is 0 Å². The van der Waals surface area contributed by atoms with Crippen molar-refractivity contribution in [3.8, 4) is 11.1 Å². The van der Waals surface area contributed by atoms with E-state index in [-0.39, 0.29) is 6.42 Å². The smallest absolute Gasteiger partial charge is 0.317 e. The Morgan fingerprint density at radius 2 is 1.54 bits per heavy atom. The van der Waals surface area contributed by atoms with Gasteiger partial charge in [-0.25, -0.2) is 0 Å². The summed E-state index contributed by atoms with van der Waals surface area (Å²) in [4.78, 5) is 21.0. The molecule has 0 atom stereocenters. The summed E-state index contributed by atoms with van der Waals surface area (Å²) in [6.07, 6.45) is 5.16. The Labute approximate surface area is 164 Å². The molecule has 4 rings (SSSR count). The van der Waals surface area contributed by atoms with Gasteiger partial charge in [0, 0.05) is 0 Å². The molecule has 0 heterocycles. The molecule has 0 radical (unpaired) electrons. The normalized spacial score (nSPS) is 11.4. The van der Waals surface area contributed by atoms with Crippen LogP contribution in [0.1, 0.15) is 45.4 Å². The quantitative estimate of drug-likeness (QED) is 0.220. The van der Waals surface area contributed by atoms with Crippen molar-refractivity contribution in [2.45, 2.75) is 45.4 Å². The Bertz CT molecular complexity index is 992. The highest BCUT2D eigenvalue weighted by Gasteiger charge is 2.24. The van der Waals surface area contributed by atoms with Gasteiger partial charge in [0.15, 0.2) is 5.92 Å². The lowest BCUT2D eigenvalue weighted by Crippen LogP contribution is -2.23. The van der Waals surface area contributed by atoms with E-state index < -0.39 is 17.9 Å². The molecule has 1 aliphatic carbocycles. The lowest BCUT2D eigenvalue weighted by Gasteiger charge is -2.06. The summed E-state index contributed by atoms with van der Waals surface area (Å²) in [6, 6.07) is 17.5. The molecule has 28 heavy (non-hydrogen) atoms. The van der Waals surface area contributed by atoms with E-state index in [2.05, 4.69) is 55.5 Å². The zero-order chi connectivity index (χ0) is 20.1. The van der Waals surface area contributed by atoms with Crippen molar-refractivity contribution in [3.05, 3.63) is 48.5 Å². The molecular formula is C24H26O4. The monoisotopic (exact) mass is 378 g/mol. The van der Waals surface area contributed by atoms with E-state index in [0.717, 1.165) is 25.7 Å². The molecule has 146 valence electrons. The average molecular weight is 378 g/mol. The highest BCUT2D eigenvalue weighted by atomic mass is 16.4. The number of carboxylic acids is 2. The molecular weight excluding hydrogens is 352 g/mol. The SMILES string of the molecule is CCCCCCCC(C(=O)O)C(=O)O.c1ccc2c3c4c-3cccc4cc2c1. The summed E-state index contributed by atoms with van der Waals surface area (Å²) in [7, 11) is 0. The average Bonchev–Trinajstić information content (AvgIpc) is 3.41. The molecule has 4 heteroatoms. The molecule has 0 aromatic heterocycles. The molecule has 0 unspecified atom stereocenters. The van der Waals surface area contributed by atoms with Crippen LogP contribution in [0.4, 0.5) is 0 Å². The molecule has 3 aromatic rings. The van der Waals surface area contributed by atoms with Crippen molar-refractivity contribution in [3.63, 3.8) is 0 Å². The second-order valence-electron chi connectivity index (χ2n) is 7.31. The van der Waals surface area contributed by atoms with Gasteiger partial charge in [-0.2, -0.15) is 0 Å². The number of benzene rings is 3. The third-order valence-corrected chi connectivity index (χ3v) is 5.29. The molecule has 0 amide bonds. The van der Waals surface area contributed by atoms with Gasteiger partial charge < -0.3 is 10.2 Å². The number of fused-ring (bicyclic) bond motifs is 3. The second-order valence-corrected chi connectivity index (χ2v) is 7.31. The summed E-state index contributed by atoms with van der Waals surface area (Å²) in [5.74, 6) is -3.68. The predicted octanol–water partition coefficient (Wildman–Crippen LogP) is 6.11. The van der Waals surface area contributed by atoms with Crippen molar-refractivity contribution in [1.82, 2.24) is 0 Å². The van der Waals surface area contributed by atoms with Crippen LogP contribution in [0.15, 0.2) is 48.5 Å². The number of hydrogen-bond acceptors (Lipinski definition) is 2. The minimum atomic E-state index is -1.23. The van der Waals surface area contributed by atoms with E-state index in [9.17, 15) is 9.59 Å². The minimum Gasteiger partial charge on any atom is -0.481 e. The van der Waals surface area contributed by atoms with Crippen molar-refractivity contribution >= 4 is 33.5 Å². The number of carboxylic acid groups (broad SMARTS) is 2. The van der Waals surface area contributed by atoms with Crippen LogP contribution in [0, 0.1) is 5.92 Å². The molecule has 1 aliphatic rings. The van der Waals surface area contributed by atoms with E-state index in [1.54, 1.807) is 0 Å². The summed E-state index contributed by atoms with van der Waals surface area (Å²) in [5, 5.41) is 22.8. The molecule has 0 saturated carbocycles. The van der Waals surface area contributed by atoms with Crippen LogP contribution in [-0.2, 0) is 9.59 Å². The zero-order valence-electron chi connectivity index (χ0n) is 16.1. The van der Waals surface area contributed by atoms with Gasteiger partial charge in [0.25, 0.3) is 0 Å². The lowest BCUT2D eigenvalue weighted by molar-refractivity contribution is -0.154. The number of rotatable bonds is 8. The van der Waals surface area contributed by atoms with E-state index in [1.807, 2.05) is 0 Å². The van der Waals surface area contributed by atoms with E-state index in [4.69, 9.17) is 10.2 Å². The fraction of sp³-hybridized carbons (Fsp3) is 0.333. The van der Waals surface area contributed by atoms with Gasteiger partial charge in [-0.05, 0) is 45.2 Å². The fourth-order valence-electron chi connectivity index (χ4n) is 3.72. The minimum absolute atomic E-state index is 0.244. The molecule has 0 fully saturated rings. The first-order valence-electron chi connectivity index (χ1n) is 9.95. The Balaban J connectivity index is 0.000000161. The van der Waals surface area contributed by atoms with E-state index >= 15 is 0 Å². The number of hydrogen-bond donors (Lipinski definition) is 2. The van der Waals surface area contributed by atoms with Crippen molar-refractivity contribution in [2.24, 2.45) is 5.92 Å². The number of unbranched alkanes of at least 4 members (excludes halogenated alkanes) is 4. The Kier molecular flexibility index (Phi) is 6.30. The Morgan fingerprint density at radius 3 is 2.25 bits per heavy atom. The maximum atomic E-state index is 10.5. The van der Waals surface area contributed by atoms with E-state index in [0.29, 0.717) is 6.42 Å². The predicted molar refractivity (Wildman–Crippen MR) is 113 cm³/mol. The molecule has 0 bridgehead atoms. The standard InChI is InChI=1S/C14H8.C10H18O4/c1-2-6-11-9(4-1)8-10-5-3-7-12-13(10)14(11)12;1-2-3-4-5-6-7-8(9(11)12)10(13)14/h1-8H;8H,2-7H2,1H3,(H,11,12)(H,13,14). The molecule has 2 N–H and O–H groups in total. The first kappa shape index (κ1) is 19.9. The van der Waals surface area contributed by atoms with Gasteiger partial charge in [-0.3, -0.25) is 9.59 Å². The summed E-state index contributed by atoms with van der Waals surface area (Å²) in [6.45, 7) is 2.09. The van der Waals surface area contributed by atoms with Gasteiger partial charge in [-0.1, -0.05) is 81.5 Å². The van der Waals surface area contributed by atoms with Crippen LogP contribution >= 0.6 is 0 Å². The highest BCUT2D eigenvalue weighted by Crippen LogP contribution is 2.51. The second kappa shape index (κ2) is 8.87. The summed E-state index contributed by atoms with van der Waals surface area (Å²) >= 11 is 0. The van der Waals surface area contributed by atoms with E-state index in [1.165, 1.54) is 32.7 Å². The number of carbonyl (C=O) groups is 2. The fourth-order valence-corrected chi connectivity index (χ4v) is 3.72. The Morgan fingerprint density at radius 1 is 0.857 bits per heavy atom. The third-order valence-electron chi connectivity index (χ3n) is 5.29. The first-order valence-corrected chi connectivity index (χ1v) is 9.95. The highest BCUT2D eigenvalue weighted by molar-refractivity contribution is 6.29. The van der Waals surface area contributed by atoms with Crippen LogP contribution in [0.5, 0.6) is 0 Å². The maximum absolute atomic E-state index is 10.5. The van der Waals surface area contributed by atoms with Gasteiger partial charge in [-0.15, -0.1) is 0 Å². The molecule has 0 saturated heterocycles. The maximum Gasteiger partial charge on any atom is 0.317 e. The van der Waals surface area contributed by atoms with Crippen molar-refractivity contribution < 1.29 is 19.8 Å². The molecule has 4 nitrogen and oxygen atoms in total. The zero-order valence-corrected chi connectivity index (χ0v) is 16.1. The summed E-state index contributed by atoms with van der Waals surface area (Å²) < 4.78 is 0. The largest absolute Gasteiger partial charge is 0.481 e. The first-order chi connectivity index (χ1) is 13.5. The van der Waals surface area contributed by atoms with Gasteiger partial charge >= 0.3 is 11.9 Å². The van der Waals surface area contributed by atoms with Crippen molar-refractivity contribution in [1.29, 1.82) is 0 Å². The van der Waals surface area contributed by atoms with Gasteiger partial charge in [0.05, 0.1) is 0 Å². The van der Waals surface area contributed by atoms with Crippen LogP contribution in [0.25, 0.3) is 32.7 Å². The van der Waals surface area contributed by atoms with Gasteiger partial charge in [0.2, 0.25) is 0 Å². The lowest BCUT2D eigenvalue weighted by atomic mass is 10.0. The van der Waals surface area contributed by atoms with Crippen molar-refractivity contribution in [2.75, 3.05) is 0 Å². The van der Waals surface area contributed by atoms with Gasteiger partial charge in [0.1, 0.15) is 0 Å². The summed E-state index contributed by atoms with van der Waals surface area (Å²) in [5.41, 5.74) is 2.92. The van der Waals surface area contributed by atoms with Crippen LogP contribution < -0.4 is 0 Å². The van der Waals surface area contributed by atoms with Crippen LogP contribution in [0.2, 0.25) is 0 Å². The molecule has 3 aromatic carbocycles.